The molecule has 0 aromatic carbocycles. The number of ether oxygens (including phenoxy) is 5. The van der Waals surface area contributed by atoms with E-state index >= 15 is 0 Å². The van der Waals surface area contributed by atoms with Crippen LogP contribution in [0.5, 0.6) is 0 Å². The molecule has 7 heteroatoms. The van der Waals surface area contributed by atoms with E-state index in [1.807, 2.05) is 0 Å². The Morgan fingerprint density at radius 1 is 0.640 bits per heavy atom. The lowest BCUT2D eigenvalue weighted by Crippen LogP contribution is -2.14. The van der Waals surface area contributed by atoms with Gasteiger partial charge in [0.2, 0.25) is 0 Å². The minimum atomic E-state index is -0.311. The van der Waals surface area contributed by atoms with E-state index < -0.39 is 0 Å². The summed E-state index contributed by atoms with van der Waals surface area (Å²) < 4.78 is 25.6. The summed E-state index contributed by atoms with van der Waals surface area (Å²) >= 11 is 0. The van der Waals surface area contributed by atoms with E-state index in [2.05, 4.69) is 6.92 Å². The van der Waals surface area contributed by atoms with Crippen molar-refractivity contribution in [2.24, 2.45) is 0 Å². The van der Waals surface area contributed by atoms with E-state index in [-0.39, 0.29) is 25.2 Å². The molecule has 0 aliphatic carbocycles. The molecule has 0 rings (SSSR count). The summed E-state index contributed by atoms with van der Waals surface area (Å²) in [4.78, 5) is 22.0. The Morgan fingerprint density at radius 2 is 1.12 bits per heavy atom. The van der Waals surface area contributed by atoms with Crippen molar-refractivity contribution in [3.05, 3.63) is 0 Å². The number of esters is 2. The van der Waals surface area contributed by atoms with Crippen LogP contribution in [-0.2, 0) is 33.3 Å². The van der Waals surface area contributed by atoms with Crippen LogP contribution in [0.15, 0.2) is 0 Å². The highest BCUT2D eigenvalue weighted by molar-refractivity contribution is 5.69. The molecule has 0 aromatic rings. The van der Waals surface area contributed by atoms with Gasteiger partial charge in [0.25, 0.3) is 0 Å². The number of hydrogen-bond donors (Lipinski definition) is 0. The first-order chi connectivity index (χ1) is 12.2. The topological polar surface area (TPSA) is 80.3 Å². The molecule has 148 valence electrons. The van der Waals surface area contributed by atoms with Crippen LogP contribution in [0.2, 0.25) is 0 Å². The van der Waals surface area contributed by atoms with E-state index in [9.17, 15) is 9.59 Å². The van der Waals surface area contributed by atoms with Gasteiger partial charge >= 0.3 is 11.9 Å². The maximum Gasteiger partial charge on any atom is 0.305 e. The number of unbranched alkanes of at least 4 members (excludes halogenated alkanes) is 4. The molecule has 0 unspecified atom stereocenters. The second kappa shape index (κ2) is 19.1. The molecule has 0 fully saturated rings. The standard InChI is InChI=1S/C18H34O7/c1-3-4-5-6-7-8-18(20)25-16-14-23-12-10-21-9-11-22-13-15-24-17(2)19/h3-16H2,1-2H3. The largest absolute Gasteiger partial charge is 0.463 e. The lowest BCUT2D eigenvalue weighted by molar-refractivity contribution is -0.145. The first kappa shape index (κ1) is 23.8. The Labute approximate surface area is 151 Å². The zero-order chi connectivity index (χ0) is 18.6. The minimum absolute atomic E-state index is 0.151. The Bertz CT molecular complexity index is 321. The van der Waals surface area contributed by atoms with Crippen LogP contribution in [0.4, 0.5) is 0 Å². The maximum atomic E-state index is 11.5. The van der Waals surface area contributed by atoms with Crippen molar-refractivity contribution in [3.8, 4) is 0 Å². The van der Waals surface area contributed by atoms with Gasteiger partial charge in [-0.1, -0.05) is 32.6 Å². The maximum absolute atomic E-state index is 11.5. The number of rotatable bonds is 18. The Morgan fingerprint density at radius 3 is 1.64 bits per heavy atom. The second-order valence-electron chi connectivity index (χ2n) is 5.56. The van der Waals surface area contributed by atoms with Gasteiger partial charge in [0.15, 0.2) is 0 Å². The predicted molar refractivity (Wildman–Crippen MR) is 93.4 cm³/mol. The zero-order valence-corrected chi connectivity index (χ0v) is 15.8. The monoisotopic (exact) mass is 362 g/mol. The fourth-order valence-corrected chi connectivity index (χ4v) is 1.95. The molecule has 0 aliphatic heterocycles. The summed E-state index contributed by atoms with van der Waals surface area (Å²) in [5.41, 5.74) is 0. The van der Waals surface area contributed by atoms with Gasteiger partial charge in [-0.05, 0) is 6.42 Å². The third-order valence-corrected chi connectivity index (χ3v) is 3.25. The van der Waals surface area contributed by atoms with Crippen LogP contribution in [0, 0.1) is 0 Å². The zero-order valence-electron chi connectivity index (χ0n) is 15.8. The van der Waals surface area contributed by atoms with Crippen LogP contribution < -0.4 is 0 Å². The van der Waals surface area contributed by atoms with E-state index in [4.69, 9.17) is 23.7 Å². The molecule has 0 bridgehead atoms. The highest BCUT2D eigenvalue weighted by Crippen LogP contribution is 2.05. The average Bonchev–Trinajstić information content (AvgIpc) is 2.58. The van der Waals surface area contributed by atoms with Gasteiger partial charge in [0.1, 0.15) is 13.2 Å². The fourth-order valence-electron chi connectivity index (χ4n) is 1.95. The van der Waals surface area contributed by atoms with Gasteiger partial charge in [0, 0.05) is 13.3 Å². The van der Waals surface area contributed by atoms with Crippen LogP contribution in [0.3, 0.4) is 0 Å². The molecule has 0 atom stereocenters. The molecule has 0 heterocycles. The summed E-state index contributed by atoms with van der Waals surface area (Å²) in [6.45, 7) is 6.62. The molecule has 0 N–H and O–H groups in total. The molecular formula is C18H34O7. The molecule has 7 nitrogen and oxygen atoms in total. The molecule has 0 spiro atoms. The molecule has 0 saturated carbocycles. The van der Waals surface area contributed by atoms with Crippen molar-refractivity contribution >= 4 is 11.9 Å². The van der Waals surface area contributed by atoms with Crippen LogP contribution in [0.25, 0.3) is 0 Å². The van der Waals surface area contributed by atoms with E-state index in [0.29, 0.717) is 46.1 Å². The Hall–Kier alpha value is -1.18. The highest BCUT2D eigenvalue weighted by atomic mass is 16.6. The molecule has 0 radical (unpaired) electrons. The highest BCUT2D eigenvalue weighted by Gasteiger charge is 2.02. The SMILES string of the molecule is CCCCCCCC(=O)OCCOCCOCCOCCOC(C)=O. The van der Waals surface area contributed by atoms with Crippen molar-refractivity contribution in [2.45, 2.75) is 52.4 Å². The second-order valence-corrected chi connectivity index (χ2v) is 5.56. The van der Waals surface area contributed by atoms with Crippen LogP contribution in [-0.4, -0.2) is 64.8 Å². The lowest BCUT2D eigenvalue weighted by Gasteiger charge is -2.07. The smallest absolute Gasteiger partial charge is 0.305 e. The number of carbonyl (C=O) groups is 2. The molecule has 0 amide bonds. The van der Waals surface area contributed by atoms with Gasteiger partial charge in [-0.2, -0.15) is 0 Å². The summed E-state index contributed by atoms with van der Waals surface area (Å²) in [6.07, 6.45) is 6.09. The average molecular weight is 362 g/mol. The summed E-state index contributed by atoms with van der Waals surface area (Å²) in [5, 5.41) is 0. The number of hydrogen-bond acceptors (Lipinski definition) is 7. The first-order valence-corrected chi connectivity index (χ1v) is 9.19. The van der Waals surface area contributed by atoms with Crippen molar-refractivity contribution in [3.63, 3.8) is 0 Å². The van der Waals surface area contributed by atoms with Crippen molar-refractivity contribution < 1.29 is 33.3 Å². The van der Waals surface area contributed by atoms with Gasteiger partial charge in [0.05, 0.1) is 39.6 Å². The van der Waals surface area contributed by atoms with Crippen molar-refractivity contribution in [2.75, 3.05) is 52.9 Å². The Balaban J connectivity index is 3.13. The number of carbonyl (C=O) groups excluding carboxylic acids is 2. The normalized spacial score (nSPS) is 10.6. The summed E-state index contributed by atoms with van der Waals surface area (Å²) in [6, 6.07) is 0. The van der Waals surface area contributed by atoms with Gasteiger partial charge in [-0.15, -0.1) is 0 Å². The summed E-state index contributed by atoms with van der Waals surface area (Å²) in [7, 11) is 0. The third kappa shape index (κ3) is 20.8. The summed E-state index contributed by atoms with van der Waals surface area (Å²) in [5.74, 6) is -0.461. The van der Waals surface area contributed by atoms with E-state index in [1.54, 1.807) is 0 Å². The Kier molecular flexibility index (Phi) is 18.2. The van der Waals surface area contributed by atoms with Crippen LogP contribution >= 0.6 is 0 Å². The molecule has 0 saturated heterocycles. The van der Waals surface area contributed by atoms with Crippen molar-refractivity contribution in [1.82, 2.24) is 0 Å². The first-order valence-electron chi connectivity index (χ1n) is 9.19. The molecule has 25 heavy (non-hydrogen) atoms. The predicted octanol–water partition coefficient (Wildman–Crippen LogP) is 2.50. The third-order valence-electron chi connectivity index (χ3n) is 3.25. The van der Waals surface area contributed by atoms with Gasteiger partial charge in [-0.25, -0.2) is 0 Å². The van der Waals surface area contributed by atoms with Crippen molar-refractivity contribution in [1.29, 1.82) is 0 Å². The molecule has 0 aromatic heterocycles. The van der Waals surface area contributed by atoms with Gasteiger partial charge < -0.3 is 23.7 Å². The molecule has 0 aliphatic rings. The quantitative estimate of drug-likeness (QED) is 0.274. The molecular weight excluding hydrogens is 328 g/mol. The van der Waals surface area contributed by atoms with E-state index in [0.717, 1.165) is 12.8 Å². The van der Waals surface area contributed by atoms with Gasteiger partial charge in [-0.3, -0.25) is 9.59 Å². The lowest BCUT2D eigenvalue weighted by atomic mass is 10.1. The van der Waals surface area contributed by atoms with Crippen LogP contribution in [0.1, 0.15) is 52.4 Å². The van der Waals surface area contributed by atoms with E-state index in [1.165, 1.54) is 26.2 Å². The fraction of sp³-hybridized carbons (Fsp3) is 0.889. The minimum Gasteiger partial charge on any atom is -0.463 e.